The largest absolute Gasteiger partial charge is 0.389 e. The van der Waals surface area contributed by atoms with Crippen LogP contribution in [0.1, 0.15) is 38.7 Å². The molecule has 124 valence electrons. The van der Waals surface area contributed by atoms with Crippen LogP contribution in [0.25, 0.3) is 0 Å². The molecule has 0 aromatic heterocycles. The van der Waals surface area contributed by atoms with Gasteiger partial charge in [0.2, 0.25) is 0 Å². The standard InChI is InChI=1S/C18H28ClNO2/c1-13-6-5-9-18(14(13)2)20-10-16(21)12-22-11-15-7-3-4-8-17(15)19/h3-4,7-8,13-14,16,18,20-21H,5-6,9-12H2,1-2H3/t13-,14+,16+,18+/m1/s1. The van der Waals surface area contributed by atoms with Crippen LogP contribution in [-0.2, 0) is 11.3 Å². The molecular weight excluding hydrogens is 298 g/mol. The van der Waals surface area contributed by atoms with Gasteiger partial charge in [-0.2, -0.15) is 0 Å². The smallest absolute Gasteiger partial charge is 0.0897 e. The first kappa shape index (κ1) is 17.7. The molecule has 0 bridgehead atoms. The molecule has 2 N–H and O–H groups in total. The molecule has 4 atom stereocenters. The molecule has 0 spiro atoms. The molecule has 0 radical (unpaired) electrons. The Balaban J connectivity index is 1.66. The van der Waals surface area contributed by atoms with Gasteiger partial charge in [-0.05, 0) is 29.9 Å². The molecule has 0 aliphatic heterocycles. The predicted octanol–water partition coefficient (Wildman–Crippen LogP) is 3.63. The molecule has 1 saturated carbocycles. The Morgan fingerprint density at radius 1 is 1.32 bits per heavy atom. The number of rotatable bonds is 7. The van der Waals surface area contributed by atoms with Crippen molar-refractivity contribution in [1.82, 2.24) is 5.32 Å². The zero-order valence-electron chi connectivity index (χ0n) is 13.6. The Hall–Kier alpha value is -0.610. The molecule has 0 amide bonds. The quantitative estimate of drug-likeness (QED) is 0.804. The second-order valence-electron chi connectivity index (χ2n) is 6.54. The lowest BCUT2D eigenvalue weighted by molar-refractivity contribution is 0.0251. The van der Waals surface area contributed by atoms with E-state index in [0.717, 1.165) is 11.5 Å². The van der Waals surface area contributed by atoms with Crippen molar-refractivity contribution in [2.75, 3.05) is 13.2 Å². The summed E-state index contributed by atoms with van der Waals surface area (Å²) in [6.45, 7) is 5.98. The first-order chi connectivity index (χ1) is 10.6. The highest BCUT2D eigenvalue weighted by molar-refractivity contribution is 6.31. The average Bonchev–Trinajstić information content (AvgIpc) is 2.51. The zero-order valence-corrected chi connectivity index (χ0v) is 14.4. The Labute approximate surface area is 139 Å². The molecule has 1 aromatic rings. The average molecular weight is 326 g/mol. The van der Waals surface area contributed by atoms with Crippen LogP contribution in [0.3, 0.4) is 0 Å². The van der Waals surface area contributed by atoms with Gasteiger partial charge in [0, 0.05) is 17.6 Å². The summed E-state index contributed by atoms with van der Waals surface area (Å²) in [4.78, 5) is 0. The van der Waals surface area contributed by atoms with Gasteiger partial charge < -0.3 is 15.2 Å². The van der Waals surface area contributed by atoms with Crippen molar-refractivity contribution in [2.45, 2.75) is 51.9 Å². The summed E-state index contributed by atoms with van der Waals surface area (Å²) in [5.41, 5.74) is 0.957. The zero-order chi connectivity index (χ0) is 15.9. The van der Waals surface area contributed by atoms with E-state index in [9.17, 15) is 5.11 Å². The van der Waals surface area contributed by atoms with Crippen molar-refractivity contribution in [3.8, 4) is 0 Å². The molecule has 1 aliphatic carbocycles. The normalized spacial score (nSPS) is 26.8. The van der Waals surface area contributed by atoms with Gasteiger partial charge in [0.15, 0.2) is 0 Å². The highest BCUT2D eigenvalue weighted by Gasteiger charge is 2.26. The van der Waals surface area contributed by atoms with Crippen molar-refractivity contribution < 1.29 is 9.84 Å². The van der Waals surface area contributed by atoms with Gasteiger partial charge in [-0.25, -0.2) is 0 Å². The Morgan fingerprint density at radius 2 is 2.09 bits per heavy atom. The number of nitrogens with one attached hydrogen (secondary N) is 1. The van der Waals surface area contributed by atoms with E-state index in [-0.39, 0.29) is 0 Å². The summed E-state index contributed by atoms with van der Waals surface area (Å²) in [6, 6.07) is 8.15. The predicted molar refractivity (Wildman–Crippen MR) is 91.1 cm³/mol. The van der Waals surface area contributed by atoms with E-state index in [1.54, 1.807) is 0 Å². The first-order valence-corrected chi connectivity index (χ1v) is 8.68. The minimum atomic E-state index is -0.480. The molecular formula is C18H28ClNO2. The number of aliphatic hydroxyl groups is 1. The third-order valence-corrected chi connectivity index (χ3v) is 5.22. The van der Waals surface area contributed by atoms with E-state index in [1.807, 2.05) is 24.3 Å². The van der Waals surface area contributed by atoms with Crippen LogP contribution < -0.4 is 5.32 Å². The van der Waals surface area contributed by atoms with E-state index < -0.39 is 6.10 Å². The van der Waals surface area contributed by atoms with Gasteiger partial charge in [-0.3, -0.25) is 0 Å². The number of aliphatic hydroxyl groups excluding tert-OH is 1. The fourth-order valence-electron chi connectivity index (χ4n) is 3.14. The van der Waals surface area contributed by atoms with Crippen LogP contribution in [-0.4, -0.2) is 30.4 Å². The van der Waals surface area contributed by atoms with Gasteiger partial charge in [0.1, 0.15) is 0 Å². The first-order valence-electron chi connectivity index (χ1n) is 8.30. The van der Waals surface area contributed by atoms with Crippen LogP contribution in [0.15, 0.2) is 24.3 Å². The van der Waals surface area contributed by atoms with E-state index in [0.29, 0.717) is 36.7 Å². The van der Waals surface area contributed by atoms with Gasteiger partial charge in [0.25, 0.3) is 0 Å². The molecule has 0 heterocycles. The van der Waals surface area contributed by atoms with Crippen molar-refractivity contribution in [2.24, 2.45) is 11.8 Å². The lowest BCUT2D eigenvalue weighted by atomic mass is 9.78. The summed E-state index contributed by atoms with van der Waals surface area (Å²) >= 11 is 6.08. The monoisotopic (exact) mass is 325 g/mol. The summed E-state index contributed by atoms with van der Waals surface area (Å²) in [5.74, 6) is 1.44. The third kappa shape index (κ3) is 5.24. The highest BCUT2D eigenvalue weighted by Crippen LogP contribution is 2.29. The number of benzene rings is 1. The van der Waals surface area contributed by atoms with E-state index in [1.165, 1.54) is 19.3 Å². The van der Waals surface area contributed by atoms with Crippen molar-refractivity contribution >= 4 is 11.6 Å². The molecule has 1 aromatic carbocycles. The lowest BCUT2D eigenvalue weighted by Gasteiger charge is -2.35. The van der Waals surface area contributed by atoms with Gasteiger partial charge >= 0.3 is 0 Å². The number of hydrogen-bond donors (Lipinski definition) is 2. The van der Waals surface area contributed by atoms with Crippen molar-refractivity contribution in [3.63, 3.8) is 0 Å². The molecule has 1 fully saturated rings. The topological polar surface area (TPSA) is 41.5 Å². The van der Waals surface area contributed by atoms with E-state index >= 15 is 0 Å². The molecule has 0 saturated heterocycles. The summed E-state index contributed by atoms with van der Waals surface area (Å²) < 4.78 is 5.58. The molecule has 4 heteroatoms. The molecule has 1 aliphatic rings. The molecule has 2 rings (SSSR count). The maximum atomic E-state index is 10.1. The Kier molecular flexibility index (Phi) is 7.16. The number of halogens is 1. The van der Waals surface area contributed by atoms with Crippen LogP contribution in [0.5, 0.6) is 0 Å². The SMILES string of the molecule is C[C@H]1[C@H](C)CCC[C@@H]1NC[C@H](O)COCc1ccccc1Cl. The molecule has 3 nitrogen and oxygen atoms in total. The fourth-order valence-corrected chi connectivity index (χ4v) is 3.33. The molecule has 22 heavy (non-hydrogen) atoms. The van der Waals surface area contributed by atoms with Crippen LogP contribution in [0, 0.1) is 11.8 Å². The number of hydrogen-bond acceptors (Lipinski definition) is 3. The van der Waals surface area contributed by atoms with Gasteiger partial charge in [-0.15, -0.1) is 0 Å². The summed E-state index contributed by atoms with van der Waals surface area (Å²) in [5, 5.41) is 14.3. The summed E-state index contributed by atoms with van der Waals surface area (Å²) in [6.07, 6.45) is 3.33. The second kappa shape index (κ2) is 8.88. The van der Waals surface area contributed by atoms with E-state index in [4.69, 9.17) is 16.3 Å². The van der Waals surface area contributed by atoms with Crippen LogP contribution in [0.4, 0.5) is 0 Å². The minimum Gasteiger partial charge on any atom is -0.389 e. The van der Waals surface area contributed by atoms with Crippen LogP contribution in [0.2, 0.25) is 5.02 Å². The van der Waals surface area contributed by atoms with Crippen LogP contribution >= 0.6 is 11.6 Å². The minimum absolute atomic E-state index is 0.328. The fraction of sp³-hybridized carbons (Fsp3) is 0.667. The third-order valence-electron chi connectivity index (χ3n) is 4.85. The molecule has 0 unspecified atom stereocenters. The van der Waals surface area contributed by atoms with Crippen molar-refractivity contribution in [1.29, 1.82) is 0 Å². The second-order valence-corrected chi connectivity index (χ2v) is 6.95. The lowest BCUT2D eigenvalue weighted by Crippen LogP contribution is -2.44. The van der Waals surface area contributed by atoms with Crippen molar-refractivity contribution in [3.05, 3.63) is 34.9 Å². The van der Waals surface area contributed by atoms with Gasteiger partial charge in [-0.1, -0.05) is 56.5 Å². The maximum Gasteiger partial charge on any atom is 0.0897 e. The van der Waals surface area contributed by atoms with E-state index in [2.05, 4.69) is 19.2 Å². The number of ether oxygens (including phenoxy) is 1. The van der Waals surface area contributed by atoms with Gasteiger partial charge in [0.05, 0.1) is 19.3 Å². The highest BCUT2D eigenvalue weighted by atomic mass is 35.5. The Morgan fingerprint density at radius 3 is 2.86 bits per heavy atom. The maximum absolute atomic E-state index is 10.1. The Bertz CT molecular complexity index is 454. The summed E-state index contributed by atoms with van der Waals surface area (Å²) in [7, 11) is 0.